The summed E-state index contributed by atoms with van der Waals surface area (Å²) in [6, 6.07) is 6.08. The molecule has 0 radical (unpaired) electrons. The Morgan fingerprint density at radius 2 is 2.06 bits per heavy atom. The number of para-hydroxylation sites is 2. The van der Waals surface area contributed by atoms with Gasteiger partial charge in [0, 0.05) is 6.07 Å². The fraction of sp³-hybridized carbons (Fsp3) is 0.300. The van der Waals surface area contributed by atoms with E-state index in [0.717, 1.165) is 4.90 Å². The van der Waals surface area contributed by atoms with Crippen molar-refractivity contribution in [3.05, 3.63) is 34.4 Å². The molecule has 0 saturated heterocycles. The number of carbonyl (C=O) groups excluding carboxylic acids is 1. The predicted octanol–water partition coefficient (Wildman–Crippen LogP) is -0.322. The predicted molar refractivity (Wildman–Crippen MR) is 59.4 cm³/mol. The highest BCUT2D eigenvalue weighted by Gasteiger charge is 2.15. The SMILES string of the molecule is C[NH+](C)CC(=O)Nc1ccccc1[N+](=O)[O-]. The lowest BCUT2D eigenvalue weighted by atomic mass is 10.2. The summed E-state index contributed by atoms with van der Waals surface area (Å²) in [5.41, 5.74) is 0.142. The molecule has 0 bridgehead atoms. The largest absolute Gasteiger partial charge is 0.332 e. The maximum atomic E-state index is 11.4. The van der Waals surface area contributed by atoms with Crippen molar-refractivity contribution < 1.29 is 14.6 Å². The van der Waals surface area contributed by atoms with Gasteiger partial charge in [0.1, 0.15) is 5.69 Å². The molecule has 0 aromatic heterocycles. The number of nitro groups is 1. The van der Waals surface area contributed by atoms with Gasteiger partial charge in [-0.15, -0.1) is 0 Å². The summed E-state index contributed by atoms with van der Waals surface area (Å²) >= 11 is 0. The number of benzene rings is 1. The summed E-state index contributed by atoms with van der Waals surface area (Å²) in [6.45, 7) is 0.270. The number of anilines is 1. The molecule has 1 aromatic rings. The van der Waals surface area contributed by atoms with Gasteiger partial charge in [0.25, 0.3) is 11.6 Å². The van der Waals surface area contributed by atoms with Gasteiger partial charge in [-0.1, -0.05) is 12.1 Å². The van der Waals surface area contributed by atoms with E-state index in [1.54, 1.807) is 12.1 Å². The fourth-order valence-corrected chi connectivity index (χ4v) is 1.25. The van der Waals surface area contributed by atoms with Crippen molar-refractivity contribution in [2.24, 2.45) is 0 Å². The summed E-state index contributed by atoms with van der Waals surface area (Å²) in [6.07, 6.45) is 0. The molecule has 0 fully saturated rings. The van der Waals surface area contributed by atoms with Crippen molar-refractivity contribution >= 4 is 17.3 Å². The van der Waals surface area contributed by atoms with E-state index in [-0.39, 0.29) is 23.8 Å². The number of carbonyl (C=O) groups is 1. The molecular formula is C10H14N3O3+. The zero-order valence-electron chi connectivity index (χ0n) is 9.19. The zero-order chi connectivity index (χ0) is 12.1. The topological polar surface area (TPSA) is 76.7 Å². The quantitative estimate of drug-likeness (QED) is 0.543. The Morgan fingerprint density at radius 3 is 2.62 bits per heavy atom. The van der Waals surface area contributed by atoms with Crippen LogP contribution in [0.3, 0.4) is 0 Å². The van der Waals surface area contributed by atoms with Gasteiger partial charge in [-0.25, -0.2) is 0 Å². The smallest absolute Gasteiger partial charge is 0.292 e. The number of rotatable bonds is 4. The molecule has 1 rings (SSSR count). The van der Waals surface area contributed by atoms with Gasteiger partial charge in [0.05, 0.1) is 19.0 Å². The second-order valence-electron chi connectivity index (χ2n) is 3.71. The number of quaternary nitrogens is 1. The van der Waals surface area contributed by atoms with Crippen LogP contribution < -0.4 is 10.2 Å². The highest BCUT2D eigenvalue weighted by Crippen LogP contribution is 2.22. The Balaban J connectivity index is 2.81. The fourth-order valence-electron chi connectivity index (χ4n) is 1.25. The monoisotopic (exact) mass is 224 g/mol. The maximum absolute atomic E-state index is 11.4. The molecule has 0 heterocycles. The van der Waals surface area contributed by atoms with Crippen molar-refractivity contribution in [1.29, 1.82) is 0 Å². The van der Waals surface area contributed by atoms with Gasteiger partial charge in [0.2, 0.25) is 0 Å². The van der Waals surface area contributed by atoms with Crippen LogP contribution in [0.5, 0.6) is 0 Å². The molecule has 1 amide bonds. The summed E-state index contributed by atoms with van der Waals surface area (Å²) < 4.78 is 0. The van der Waals surface area contributed by atoms with E-state index in [1.807, 2.05) is 14.1 Å². The Morgan fingerprint density at radius 1 is 1.44 bits per heavy atom. The Kier molecular flexibility index (Phi) is 3.96. The Bertz CT molecular complexity index is 404. The third-order valence-corrected chi connectivity index (χ3v) is 1.89. The van der Waals surface area contributed by atoms with E-state index in [4.69, 9.17) is 0 Å². The minimum Gasteiger partial charge on any atom is -0.332 e. The molecule has 6 nitrogen and oxygen atoms in total. The van der Waals surface area contributed by atoms with Crippen LogP contribution in [0.1, 0.15) is 0 Å². The number of amides is 1. The van der Waals surface area contributed by atoms with Gasteiger partial charge >= 0.3 is 0 Å². The average molecular weight is 224 g/mol. The molecule has 2 N–H and O–H groups in total. The minimum atomic E-state index is -0.516. The molecule has 0 aliphatic rings. The van der Waals surface area contributed by atoms with Crippen LogP contribution in [-0.4, -0.2) is 31.5 Å². The van der Waals surface area contributed by atoms with Crippen LogP contribution in [0.2, 0.25) is 0 Å². The van der Waals surface area contributed by atoms with Gasteiger partial charge < -0.3 is 10.2 Å². The first kappa shape index (κ1) is 12.1. The lowest BCUT2D eigenvalue weighted by Gasteiger charge is -2.08. The number of nitro benzene ring substituents is 1. The van der Waals surface area contributed by atoms with Crippen LogP contribution in [0, 0.1) is 10.1 Å². The molecule has 0 unspecified atom stereocenters. The third kappa shape index (κ3) is 3.32. The van der Waals surface area contributed by atoms with Crippen LogP contribution in [-0.2, 0) is 4.79 Å². The number of nitrogens with zero attached hydrogens (tertiary/aromatic N) is 1. The van der Waals surface area contributed by atoms with Crippen molar-refractivity contribution in [1.82, 2.24) is 0 Å². The zero-order valence-corrected chi connectivity index (χ0v) is 9.19. The Hall–Kier alpha value is -1.95. The van der Waals surface area contributed by atoms with E-state index >= 15 is 0 Å². The summed E-state index contributed by atoms with van der Waals surface area (Å²) in [4.78, 5) is 22.6. The second kappa shape index (κ2) is 5.22. The van der Waals surface area contributed by atoms with E-state index in [9.17, 15) is 14.9 Å². The van der Waals surface area contributed by atoms with Crippen molar-refractivity contribution in [2.45, 2.75) is 0 Å². The van der Waals surface area contributed by atoms with Crippen molar-refractivity contribution in [3.63, 3.8) is 0 Å². The first-order valence-electron chi connectivity index (χ1n) is 4.83. The highest BCUT2D eigenvalue weighted by atomic mass is 16.6. The van der Waals surface area contributed by atoms with Gasteiger partial charge in [-0.2, -0.15) is 0 Å². The van der Waals surface area contributed by atoms with Crippen molar-refractivity contribution in [3.8, 4) is 0 Å². The lowest BCUT2D eigenvalue weighted by molar-refractivity contribution is -0.849. The second-order valence-corrected chi connectivity index (χ2v) is 3.71. The molecule has 86 valence electrons. The summed E-state index contributed by atoms with van der Waals surface area (Å²) in [5, 5.41) is 13.2. The Labute approximate surface area is 93.0 Å². The lowest BCUT2D eigenvalue weighted by Crippen LogP contribution is -3.06. The molecule has 6 heteroatoms. The van der Waals surface area contributed by atoms with E-state index in [0.29, 0.717) is 0 Å². The highest BCUT2D eigenvalue weighted by molar-refractivity contribution is 5.93. The number of nitrogens with one attached hydrogen (secondary N) is 2. The molecule has 16 heavy (non-hydrogen) atoms. The minimum absolute atomic E-state index is 0.0930. The van der Waals surface area contributed by atoms with Crippen LogP contribution >= 0.6 is 0 Å². The van der Waals surface area contributed by atoms with Crippen LogP contribution in [0.25, 0.3) is 0 Å². The molecule has 0 saturated carbocycles. The normalized spacial score (nSPS) is 10.2. The first-order valence-corrected chi connectivity index (χ1v) is 4.83. The van der Waals surface area contributed by atoms with Crippen LogP contribution in [0.15, 0.2) is 24.3 Å². The first-order chi connectivity index (χ1) is 7.50. The maximum Gasteiger partial charge on any atom is 0.292 e. The molecule has 1 aromatic carbocycles. The average Bonchev–Trinajstić information content (AvgIpc) is 2.16. The number of likely N-dealkylation sites (N-methyl/N-ethyl adjacent to an activating group) is 1. The molecule has 0 atom stereocenters. The van der Waals surface area contributed by atoms with Gasteiger partial charge in [-0.3, -0.25) is 14.9 Å². The molecule has 0 spiro atoms. The van der Waals surface area contributed by atoms with Crippen molar-refractivity contribution in [2.75, 3.05) is 26.0 Å². The molecule has 0 aliphatic carbocycles. The third-order valence-electron chi connectivity index (χ3n) is 1.89. The van der Waals surface area contributed by atoms with Gasteiger partial charge in [-0.05, 0) is 6.07 Å². The van der Waals surface area contributed by atoms with E-state index in [1.165, 1.54) is 12.1 Å². The van der Waals surface area contributed by atoms with E-state index < -0.39 is 4.92 Å². The summed E-state index contributed by atoms with van der Waals surface area (Å²) in [5.74, 6) is -0.241. The molecular weight excluding hydrogens is 210 g/mol. The summed E-state index contributed by atoms with van der Waals surface area (Å²) in [7, 11) is 3.66. The van der Waals surface area contributed by atoms with Crippen LogP contribution in [0.4, 0.5) is 11.4 Å². The van der Waals surface area contributed by atoms with Gasteiger partial charge in [0.15, 0.2) is 6.54 Å². The number of hydrogen-bond donors (Lipinski definition) is 2. The number of hydrogen-bond acceptors (Lipinski definition) is 3. The molecule has 0 aliphatic heterocycles. The van der Waals surface area contributed by atoms with E-state index in [2.05, 4.69) is 5.32 Å². The standard InChI is InChI=1S/C10H13N3O3/c1-12(2)7-10(14)11-8-5-3-4-6-9(8)13(15)16/h3-6H,7H2,1-2H3,(H,11,14)/p+1.